The van der Waals surface area contributed by atoms with Crippen molar-refractivity contribution < 1.29 is 5.11 Å². The summed E-state index contributed by atoms with van der Waals surface area (Å²) in [5.41, 5.74) is 1.35. The second-order valence-electron chi connectivity index (χ2n) is 6.50. The summed E-state index contributed by atoms with van der Waals surface area (Å²) >= 11 is 0. The molecule has 2 heteroatoms. The molecule has 1 aromatic carbocycles. The predicted molar refractivity (Wildman–Crippen MR) is 75.4 cm³/mol. The zero-order valence-corrected chi connectivity index (χ0v) is 11.7. The molecule has 3 atom stereocenters. The SMILES string of the molecule is CC(C)(C)C1CCNC(C(O)c2ccccc2)C1. The monoisotopic (exact) mass is 247 g/mol. The molecular formula is C16H25NO. The highest BCUT2D eigenvalue weighted by atomic mass is 16.3. The van der Waals surface area contributed by atoms with Crippen LogP contribution in [0.5, 0.6) is 0 Å². The van der Waals surface area contributed by atoms with Crippen LogP contribution < -0.4 is 5.32 Å². The van der Waals surface area contributed by atoms with E-state index in [1.54, 1.807) is 0 Å². The minimum atomic E-state index is -0.392. The fourth-order valence-corrected chi connectivity index (χ4v) is 2.86. The first-order valence-corrected chi connectivity index (χ1v) is 6.95. The Hall–Kier alpha value is -0.860. The van der Waals surface area contributed by atoms with Gasteiger partial charge in [-0.05, 0) is 36.3 Å². The zero-order chi connectivity index (χ0) is 13.2. The molecule has 1 heterocycles. The van der Waals surface area contributed by atoms with Gasteiger partial charge in [-0.2, -0.15) is 0 Å². The molecule has 0 amide bonds. The average molecular weight is 247 g/mol. The summed E-state index contributed by atoms with van der Waals surface area (Å²) in [4.78, 5) is 0. The van der Waals surface area contributed by atoms with E-state index in [1.165, 1.54) is 6.42 Å². The molecule has 2 nitrogen and oxygen atoms in total. The van der Waals surface area contributed by atoms with E-state index in [9.17, 15) is 5.11 Å². The predicted octanol–water partition coefficient (Wildman–Crippen LogP) is 3.13. The molecule has 2 rings (SSSR count). The Morgan fingerprint density at radius 1 is 1.22 bits per heavy atom. The van der Waals surface area contributed by atoms with Crippen LogP contribution in [0.1, 0.15) is 45.3 Å². The Bertz CT molecular complexity index is 368. The van der Waals surface area contributed by atoms with Gasteiger partial charge in [-0.1, -0.05) is 51.1 Å². The van der Waals surface area contributed by atoms with E-state index in [-0.39, 0.29) is 6.04 Å². The van der Waals surface area contributed by atoms with E-state index in [0.29, 0.717) is 11.3 Å². The van der Waals surface area contributed by atoms with Gasteiger partial charge in [0.05, 0.1) is 6.10 Å². The van der Waals surface area contributed by atoms with Crippen LogP contribution in [-0.4, -0.2) is 17.7 Å². The number of rotatable bonds is 2. The van der Waals surface area contributed by atoms with Gasteiger partial charge < -0.3 is 10.4 Å². The molecule has 100 valence electrons. The van der Waals surface area contributed by atoms with Crippen molar-refractivity contribution in [1.29, 1.82) is 0 Å². The van der Waals surface area contributed by atoms with Crippen molar-refractivity contribution in [1.82, 2.24) is 5.32 Å². The third-order valence-electron chi connectivity index (χ3n) is 4.18. The van der Waals surface area contributed by atoms with Crippen LogP contribution in [0, 0.1) is 11.3 Å². The van der Waals surface area contributed by atoms with Crippen molar-refractivity contribution in [3.05, 3.63) is 35.9 Å². The largest absolute Gasteiger partial charge is 0.387 e. The average Bonchev–Trinajstić information content (AvgIpc) is 2.38. The van der Waals surface area contributed by atoms with E-state index in [4.69, 9.17) is 0 Å². The Balaban J connectivity index is 2.05. The lowest BCUT2D eigenvalue weighted by Gasteiger charge is -2.40. The molecule has 0 aromatic heterocycles. The standard InChI is InChI=1S/C16H25NO/c1-16(2,3)13-9-10-17-14(11-13)15(18)12-7-5-4-6-8-12/h4-8,13-15,17-18H,9-11H2,1-3H3. The van der Waals surface area contributed by atoms with Crippen LogP contribution in [0.4, 0.5) is 0 Å². The Labute approximate surface area is 110 Å². The number of hydrogen-bond acceptors (Lipinski definition) is 2. The van der Waals surface area contributed by atoms with Gasteiger partial charge in [-0.15, -0.1) is 0 Å². The Morgan fingerprint density at radius 2 is 1.89 bits per heavy atom. The van der Waals surface area contributed by atoms with E-state index >= 15 is 0 Å². The molecule has 0 aliphatic carbocycles. The first-order chi connectivity index (χ1) is 8.48. The highest BCUT2D eigenvalue weighted by molar-refractivity contribution is 5.19. The fraction of sp³-hybridized carbons (Fsp3) is 0.625. The van der Waals surface area contributed by atoms with Gasteiger partial charge in [0.25, 0.3) is 0 Å². The van der Waals surface area contributed by atoms with Crippen molar-refractivity contribution in [3.8, 4) is 0 Å². The third-order valence-corrected chi connectivity index (χ3v) is 4.18. The van der Waals surface area contributed by atoms with Crippen LogP contribution in [0.15, 0.2) is 30.3 Å². The molecule has 1 fully saturated rings. The van der Waals surface area contributed by atoms with Gasteiger partial charge in [0, 0.05) is 6.04 Å². The van der Waals surface area contributed by atoms with Gasteiger partial charge in [-0.25, -0.2) is 0 Å². The molecule has 1 aromatic rings. The number of nitrogens with one attached hydrogen (secondary N) is 1. The van der Waals surface area contributed by atoms with Crippen LogP contribution in [0.25, 0.3) is 0 Å². The molecule has 2 N–H and O–H groups in total. The van der Waals surface area contributed by atoms with Gasteiger partial charge >= 0.3 is 0 Å². The number of aliphatic hydroxyl groups is 1. The van der Waals surface area contributed by atoms with E-state index in [0.717, 1.165) is 18.5 Å². The summed E-state index contributed by atoms with van der Waals surface area (Å²) in [5.74, 6) is 0.683. The quantitative estimate of drug-likeness (QED) is 0.841. The maximum absolute atomic E-state index is 10.5. The van der Waals surface area contributed by atoms with Crippen molar-refractivity contribution in [2.45, 2.75) is 45.8 Å². The summed E-state index contributed by atoms with van der Waals surface area (Å²) in [6.07, 6.45) is 1.87. The minimum Gasteiger partial charge on any atom is -0.387 e. The summed E-state index contributed by atoms with van der Waals surface area (Å²) < 4.78 is 0. The molecule has 0 radical (unpaired) electrons. The fourth-order valence-electron chi connectivity index (χ4n) is 2.86. The normalized spacial score (nSPS) is 26.9. The first kappa shape index (κ1) is 13.6. The second-order valence-corrected chi connectivity index (χ2v) is 6.50. The molecule has 0 saturated carbocycles. The Kier molecular flexibility index (Phi) is 4.08. The highest BCUT2D eigenvalue weighted by Crippen LogP contribution is 2.36. The van der Waals surface area contributed by atoms with Crippen LogP contribution in [0.2, 0.25) is 0 Å². The molecule has 1 aliphatic rings. The topological polar surface area (TPSA) is 32.3 Å². The molecular weight excluding hydrogens is 222 g/mol. The number of aliphatic hydroxyl groups excluding tert-OH is 1. The molecule has 18 heavy (non-hydrogen) atoms. The maximum Gasteiger partial charge on any atom is 0.0943 e. The maximum atomic E-state index is 10.5. The highest BCUT2D eigenvalue weighted by Gasteiger charge is 2.33. The molecule has 3 unspecified atom stereocenters. The van der Waals surface area contributed by atoms with Crippen LogP contribution in [0.3, 0.4) is 0 Å². The van der Waals surface area contributed by atoms with Gasteiger partial charge in [-0.3, -0.25) is 0 Å². The van der Waals surface area contributed by atoms with Crippen molar-refractivity contribution >= 4 is 0 Å². The van der Waals surface area contributed by atoms with Crippen LogP contribution in [-0.2, 0) is 0 Å². The first-order valence-electron chi connectivity index (χ1n) is 6.95. The van der Waals surface area contributed by atoms with Crippen molar-refractivity contribution in [3.63, 3.8) is 0 Å². The molecule has 0 bridgehead atoms. The Morgan fingerprint density at radius 3 is 2.50 bits per heavy atom. The summed E-state index contributed by atoms with van der Waals surface area (Å²) in [5, 5.41) is 13.9. The van der Waals surface area contributed by atoms with E-state index in [1.807, 2.05) is 30.3 Å². The van der Waals surface area contributed by atoms with Gasteiger partial charge in [0.15, 0.2) is 0 Å². The minimum absolute atomic E-state index is 0.186. The summed E-state index contributed by atoms with van der Waals surface area (Å²) in [6, 6.07) is 10.2. The van der Waals surface area contributed by atoms with Gasteiger partial charge in [0.2, 0.25) is 0 Å². The van der Waals surface area contributed by atoms with E-state index < -0.39 is 6.10 Å². The van der Waals surface area contributed by atoms with Gasteiger partial charge in [0.1, 0.15) is 0 Å². The lowest BCUT2D eigenvalue weighted by atomic mass is 9.72. The molecule has 0 spiro atoms. The zero-order valence-electron chi connectivity index (χ0n) is 11.7. The van der Waals surface area contributed by atoms with E-state index in [2.05, 4.69) is 26.1 Å². The van der Waals surface area contributed by atoms with Crippen molar-refractivity contribution in [2.24, 2.45) is 11.3 Å². The lowest BCUT2D eigenvalue weighted by Crippen LogP contribution is -2.45. The lowest BCUT2D eigenvalue weighted by molar-refractivity contribution is 0.0705. The van der Waals surface area contributed by atoms with Crippen LogP contribution >= 0.6 is 0 Å². The molecule has 1 aliphatic heterocycles. The summed E-state index contributed by atoms with van der Waals surface area (Å²) in [6.45, 7) is 7.91. The third kappa shape index (κ3) is 3.12. The number of benzene rings is 1. The number of hydrogen-bond donors (Lipinski definition) is 2. The smallest absolute Gasteiger partial charge is 0.0943 e. The van der Waals surface area contributed by atoms with Crippen molar-refractivity contribution in [2.75, 3.05) is 6.54 Å². The molecule has 1 saturated heterocycles. The number of piperidine rings is 1. The second kappa shape index (κ2) is 5.41. The summed E-state index contributed by atoms with van der Waals surface area (Å²) in [7, 11) is 0.